The fraction of sp³-hybridized carbons (Fsp3) is 0.531. The molecule has 10 nitrogen and oxygen atoms in total. The van der Waals surface area contributed by atoms with Crippen LogP contribution < -0.4 is 10.6 Å². The number of nitriles is 1. The summed E-state index contributed by atoms with van der Waals surface area (Å²) in [6.45, 7) is 14.2. The van der Waals surface area contributed by atoms with E-state index < -0.39 is 0 Å². The molecule has 3 aromatic rings. The van der Waals surface area contributed by atoms with Crippen molar-refractivity contribution in [2.75, 3.05) is 44.2 Å². The van der Waals surface area contributed by atoms with E-state index in [9.17, 15) is 14.9 Å². The first-order valence-corrected chi connectivity index (χ1v) is 15.1. The minimum Gasteiger partial charge on any atom is -0.349 e. The van der Waals surface area contributed by atoms with E-state index in [1.165, 1.54) is 15.7 Å². The number of piperazine rings is 2. The molecule has 0 aliphatic carbocycles. The standard InChI is InChI=1S/C32H42N8O2/c1-6-27-21-40(31-30-29(36(5)32(42)35-31)13-12-26(18-33)34-30)28(7-2)20-39(27)22(3)25-10-8-24(9-11-25)19-37-14-16-38(17-15-37)23(4)41/h8-13,22,27-28H,6-7,14-17,19-21H2,1-5H3/t22?,27?,28-/m0/s1. The van der Waals surface area contributed by atoms with E-state index in [0.717, 1.165) is 58.7 Å². The Morgan fingerprint density at radius 2 is 1.69 bits per heavy atom. The molecule has 2 aliphatic heterocycles. The van der Waals surface area contributed by atoms with Crippen molar-refractivity contribution in [3.8, 4) is 6.07 Å². The smallest absolute Gasteiger partial charge is 0.349 e. The van der Waals surface area contributed by atoms with Gasteiger partial charge in [-0.25, -0.2) is 9.78 Å². The number of hydrogen-bond donors (Lipinski definition) is 0. The van der Waals surface area contributed by atoms with Gasteiger partial charge in [0.2, 0.25) is 5.91 Å². The summed E-state index contributed by atoms with van der Waals surface area (Å²) in [5.74, 6) is 0.739. The van der Waals surface area contributed by atoms with Gasteiger partial charge in [-0.05, 0) is 43.0 Å². The fourth-order valence-electron chi connectivity index (χ4n) is 6.46. The Kier molecular flexibility index (Phi) is 8.90. The third kappa shape index (κ3) is 5.90. The van der Waals surface area contributed by atoms with Crippen LogP contribution >= 0.6 is 0 Å². The summed E-state index contributed by atoms with van der Waals surface area (Å²) >= 11 is 0. The van der Waals surface area contributed by atoms with Gasteiger partial charge < -0.3 is 9.80 Å². The SMILES string of the molecule is CCC1CN(c2nc(=O)n(C)c3ccc(C#N)nc23)[C@@H](CC)CN1C(C)c1ccc(CN2CCN(C(C)=O)CC2)cc1. The van der Waals surface area contributed by atoms with E-state index in [0.29, 0.717) is 22.5 Å². The van der Waals surface area contributed by atoms with Crippen LogP contribution in [0.4, 0.5) is 5.82 Å². The maximum absolute atomic E-state index is 12.9. The first-order chi connectivity index (χ1) is 20.2. The van der Waals surface area contributed by atoms with Crippen molar-refractivity contribution in [2.45, 2.75) is 65.2 Å². The number of rotatable bonds is 7. The van der Waals surface area contributed by atoms with Crippen molar-refractivity contribution in [2.24, 2.45) is 7.05 Å². The number of amides is 1. The van der Waals surface area contributed by atoms with E-state index in [2.05, 4.69) is 75.8 Å². The molecule has 5 rings (SSSR count). The van der Waals surface area contributed by atoms with Crippen LogP contribution in [-0.2, 0) is 18.4 Å². The fourth-order valence-corrected chi connectivity index (χ4v) is 6.46. The molecule has 2 aliphatic rings. The number of aryl methyl sites for hydroxylation is 1. The molecule has 0 spiro atoms. The van der Waals surface area contributed by atoms with Gasteiger partial charge in [-0.15, -0.1) is 0 Å². The van der Waals surface area contributed by atoms with E-state index in [-0.39, 0.29) is 29.7 Å². The topological polar surface area (TPSA) is 102 Å². The lowest BCUT2D eigenvalue weighted by Crippen LogP contribution is -2.59. The highest BCUT2D eigenvalue weighted by Gasteiger charge is 2.37. The Balaban J connectivity index is 1.34. The molecule has 2 saturated heterocycles. The Labute approximate surface area is 248 Å². The minimum atomic E-state index is -0.316. The highest BCUT2D eigenvalue weighted by molar-refractivity contribution is 5.86. The van der Waals surface area contributed by atoms with E-state index in [4.69, 9.17) is 0 Å². The number of pyridine rings is 1. The molecule has 10 heteroatoms. The number of hydrogen-bond acceptors (Lipinski definition) is 8. The number of aromatic nitrogens is 3. The van der Waals surface area contributed by atoms with Crippen LogP contribution in [0.2, 0.25) is 0 Å². The number of nitrogens with zero attached hydrogens (tertiary/aromatic N) is 8. The van der Waals surface area contributed by atoms with Crippen molar-refractivity contribution < 1.29 is 4.79 Å². The van der Waals surface area contributed by atoms with Crippen LogP contribution in [0.1, 0.15) is 63.4 Å². The quantitative estimate of drug-likeness (QED) is 0.427. The summed E-state index contributed by atoms with van der Waals surface area (Å²) in [6, 6.07) is 15.2. The van der Waals surface area contributed by atoms with Gasteiger partial charge in [0, 0.05) is 77.9 Å². The van der Waals surface area contributed by atoms with Gasteiger partial charge in [0.25, 0.3) is 0 Å². The lowest BCUT2D eigenvalue weighted by molar-refractivity contribution is -0.130. The molecule has 0 bridgehead atoms. The van der Waals surface area contributed by atoms with Crippen molar-refractivity contribution >= 4 is 22.8 Å². The van der Waals surface area contributed by atoms with E-state index >= 15 is 0 Å². The van der Waals surface area contributed by atoms with Gasteiger partial charge in [-0.3, -0.25) is 19.2 Å². The van der Waals surface area contributed by atoms with Gasteiger partial charge in [0.1, 0.15) is 17.3 Å². The summed E-state index contributed by atoms with van der Waals surface area (Å²) in [6.07, 6.45) is 1.85. The van der Waals surface area contributed by atoms with Crippen LogP contribution in [0.3, 0.4) is 0 Å². The van der Waals surface area contributed by atoms with Crippen LogP contribution in [0.25, 0.3) is 11.0 Å². The zero-order chi connectivity index (χ0) is 30.0. The molecule has 222 valence electrons. The lowest BCUT2D eigenvalue weighted by Gasteiger charge is -2.49. The zero-order valence-corrected chi connectivity index (χ0v) is 25.5. The second kappa shape index (κ2) is 12.6. The molecule has 2 unspecified atom stereocenters. The molecule has 0 N–H and O–H groups in total. The van der Waals surface area contributed by atoms with Gasteiger partial charge in [0.05, 0.1) is 5.52 Å². The molecule has 4 heterocycles. The van der Waals surface area contributed by atoms with Crippen LogP contribution in [0, 0.1) is 11.3 Å². The number of carbonyl (C=O) groups is 1. The molecule has 1 amide bonds. The third-order valence-corrected chi connectivity index (χ3v) is 9.19. The number of fused-ring (bicyclic) bond motifs is 1. The van der Waals surface area contributed by atoms with E-state index in [1.54, 1.807) is 26.1 Å². The Morgan fingerprint density at radius 1 is 1.00 bits per heavy atom. The monoisotopic (exact) mass is 570 g/mol. The number of anilines is 1. The van der Waals surface area contributed by atoms with Crippen LogP contribution in [0.5, 0.6) is 0 Å². The predicted molar refractivity (Wildman–Crippen MR) is 164 cm³/mol. The summed E-state index contributed by atoms with van der Waals surface area (Å²) in [7, 11) is 1.70. The maximum Gasteiger partial charge on any atom is 0.349 e. The number of benzene rings is 1. The van der Waals surface area contributed by atoms with Gasteiger partial charge in [-0.2, -0.15) is 10.2 Å². The summed E-state index contributed by atoms with van der Waals surface area (Å²) in [5, 5.41) is 9.49. The highest BCUT2D eigenvalue weighted by atomic mass is 16.2. The molecular weight excluding hydrogens is 528 g/mol. The zero-order valence-electron chi connectivity index (χ0n) is 25.5. The molecule has 2 fully saturated rings. The van der Waals surface area contributed by atoms with Gasteiger partial charge >= 0.3 is 5.69 Å². The van der Waals surface area contributed by atoms with Crippen molar-refractivity contribution in [1.29, 1.82) is 5.26 Å². The Bertz CT molecular complexity index is 1520. The molecule has 1 aromatic carbocycles. The summed E-state index contributed by atoms with van der Waals surface area (Å²) in [5.41, 5.74) is 3.87. The van der Waals surface area contributed by atoms with Crippen molar-refractivity contribution in [3.05, 3.63) is 63.7 Å². The van der Waals surface area contributed by atoms with Crippen LogP contribution in [0.15, 0.2) is 41.2 Å². The second-order valence-electron chi connectivity index (χ2n) is 11.6. The number of carbonyl (C=O) groups excluding carboxylic acids is 1. The maximum atomic E-state index is 12.9. The molecule has 2 aromatic heterocycles. The third-order valence-electron chi connectivity index (χ3n) is 9.19. The average Bonchev–Trinajstić information content (AvgIpc) is 3.02. The Morgan fingerprint density at radius 3 is 2.31 bits per heavy atom. The minimum absolute atomic E-state index is 0.151. The molecule has 0 radical (unpaired) electrons. The first kappa shape index (κ1) is 29.7. The summed E-state index contributed by atoms with van der Waals surface area (Å²) < 4.78 is 1.50. The predicted octanol–water partition coefficient (Wildman–Crippen LogP) is 3.30. The second-order valence-corrected chi connectivity index (χ2v) is 11.6. The van der Waals surface area contributed by atoms with Crippen molar-refractivity contribution in [1.82, 2.24) is 29.2 Å². The molecule has 42 heavy (non-hydrogen) atoms. The molecule has 3 atom stereocenters. The summed E-state index contributed by atoms with van der Waals surface area (Å²) in [4.78, 5) is 42.8. The van der Waals surface area contributed by atoms with Gasteiger partial charge in [-0.1, -0.05) is 38.1 Å². The van der Waals surface area contributed by atoms with Gasteiger partial charge in [0.15, 0.2) is 5.82 Å². The highest BCUT2D eigenvalue weighted by Crippen LogP contribution is 2.33. The lowest BCUT2D eigenvalue weighted by atomic mass is 9.96. The molecule has 0 saturated carbocycles. The average molecular weight is 571 g/mol. The Hall–Kier alpha value is -3.81. The first-order valence-electron chi connectivity index (χ1n) is 15.1. The van der Waals surface area contributed by atoms with Crippen molar-refractivity contribution in [3.63, 3.8) is 0 Å². The van der Waals surface area contributed by atoms with E-state index in [1.807, 2.05) is 4.90 Å². The largest absolute Gasteiger partial charge is 0.349 e. The van der Waals surface area contributed by atoms with Crippen LogP contribution in [-0.4, -0.2) is 86.5 Å². The molecular formula is C32H42N8O2. The normalized spacial score (nSPS) is 21.0.